The molecular formula is C68H53SiZr. The molecule has 1 aliphatic heterocycles. The molecule has 0 saturated heterocycles. The van der Waals surface area contributed by atoms with Crippen molar-refractivity contribution in [2.24, 2.45) is 0 Å². The first-order valence-corrected chi connectivity index (χ1v) is 25.3. The van der Waals surface area contributed by atoms with Gasteiger partial charge in [-0.05, 0) is 66.8 Å². The van der Waals surface area contributed by atoms with Gasteiger partial charge in [-0.15, -0.1) is 74.6 Å². The number of hydrogen-bond acceptors (Lipinski definition) is 0. The first-order chi connectivity index (χ1) is 33.9. The van der Waals surface area contributed by atoms with E-state index in [1.165, 1.54) is 120 Å². The van der Waals surface area contributed by atoms with Crippen LogP contribution in [0.5, 0.6) is 0 Å². The Kier molecular flexibility index (Phi) is 13.7. The van der Waals surface area contributed by atoms with E-state index >= 15 is 0 Å². The summed E-state index contributed by atoms with van der Waals surface area (Å²) in [7, 11) is 0.795. The Labute approximate surface area is 435 Å². The van der Waals surface area contributed by atoms with Gasteiger partial charge in [0.15, 0.2) is 0 Å². The Morgan fingerprint density at radius 3 is 1.17 bits per heavy atom. The van der Waals surface area contributed by atoms with Gasteiger partial charge in [-0.2, -0.15) is 41.6 Å². The molecule has 0 bridgehead atoms. The average Bonchev–Trinajstić information content (AvgIpc) is 4.15. The molecule has 0 saturated carbocycles. The van der Waals surface area contributed by atoms with E-state index in [1.807, 2.05) is 6.07 Å². The predicted molar refractivity (Wildman–Crippen MR) is 300 cm³/mol. The van der Waals surface area contributed by atoms with Crippen molar-refractivity contribution in [3.63, 3.8) is 0 Å². The van der Waals surface area contributed by atoms with Crippen LogP contribution in [0.3, 0.4) is 0 Å². The molecule has 12 aromatic carbocycles. The topological polar surface area (TPSA) is 0 Å². The average molecular weight is 989 g/mol. The van der Waals surface area contributed by atoms with Gasteiger partial charge in [-0.1, -0.05) is 219 Å². The molecular weight excluding hydrogens is 936 g/mol. The zero-order chi connectivity index (χ0) is 46.8. The fraction of sp³-hybridized carbons (Fsp3) is 0.0882. The third-order valence-corrected chi connectivity index (χ3v) is 15.2. The Hall–Kier alpha value is -6.96. The molecule has 333 valence electrons. The smallest absolute Gasteiger partial charge is 0.184 e. The summed E-state index contributed by atoms with van der Waals surface area (Å²) in [6.45, 7) is 9.05. The molecule has 0 amide bonds. The van der Waals surface area contributed by atoms with Crippen LogP contribution in [0.1, 0.15) is 50.7 Å². The number of fused-ring (bicyclic) bond motifs is 7. The van der Waals surface area contributed by atoms with Gasteiger partial charge >= 0.3 is 26.2 Å². The zero-order valence-corrected chi connectivity index (χ0v) is 43.6. The Morgan fingerprint density at radius 1 is 0.343 bits per heavy atom. The summed E-state index contributed by atoms with van der Waals surface area (Å²) in [6.07, 6.45) is 0. The van der Waals surface area contributed by atoms with Crippen LogP contribution in [0.2, 0.25) is 0 Å². The van der Waals surface area contributed by atoms with Crippen molar-refractivity contribution in [2.75, 3.05) is 0 Å². The fourth-order valence-electron chi connectivity index (χ4n) is 10.2. The quantitative estimate of drug-likeness (QED) is 0.115. The number of benzene rings is 10. The van der Waals surface area contributed by atoms with E-state index in [-0.39, 0.29) is 26.2 Å². The van der Waals surface area contributed by atoms with Crippen LogP contribution in [-0.4, -0.2) is 9.52 Å². The Balaban J connectivity index is 0.000000128. The second-order valence-electron chi connectivity index (χ2n) is 18.8. The molecule has 0 fully saturated rings. The third kappa shape index (κ3) is 9.15. The van der Waals surface area contributed by atoms with Gasteiger partial charge in [-0.25, -0.2) is 0 Å². The molecule has 0 N–H and O–H groups in total. The van der Waals surface area contributed by atoms with Crippen LogP contribution >= 0.6 is 0 Å². The van der Waals surface area contributed by atoms with E-state index in [0.29, 0.717) is 11.8 Å². The number of rotatable bonds is 6. The molecule has 0 aromatic heterocycles. The minimum atomic E-state index is 0. The number of hydrogen-bond donors (Lipinski definition) is 0. The predicted octanol–water partition coefficient (Wildman–Crippen LogP) is 17.5. The molecule has 3 radical (unpaired) electrons. The standard InChI is InChI=1S/2C28H23.C12H7Si.Zr/c2*1-19(2)22-17-21-11-8-16-27(28(21)18-22)26-14-6-5-13-25(26)24-15-7-10-20-9-3-4-12-23(20)24;1-3-7-11-9(5-1)10-6-2-4-8-12(10)13-11;/h2*3-19H,1-2H3;1-7H;/q3*-1;+3. The van der Waals surface area contributed by atoms with E-state index in [0.717, 1.165) is 9.52 Å². The molecule has 0 spiro atoms. The van der Waals surface area contributed by atoms with Crippen molar-refractivity contribution in [1.29, 1.82) is 0 Å². The van der Waals surface area contributed by atoms with Crippen LogP contribution in [0.15, 0.2) is 237 Å². The normalized spacial score (nSPS) is 11.5. The first-order valence-electron chi connectivity index (χ1n) is 24.3. The third-order valence-electron chi connectivity index (χ3n) is 13.8. The van der Waals surface area contributed by atoms with Crippen LogP contribution in [-0.2, 0) is 26.2 Å². The molecule has 0 unspecified atom stereocenters. The molecule has 0 atom stereocenters. The van der Waals surface area contributed by atoms with Gasteiger partial charge in [0.1, 0.15) is 0 Å². The summed E-state index contributed by atoms with van der Waals surface area (Å²) >= 11 is 0. The maximum atomic E-state index is 3.31. The molecule has 70 heavy (non-hydrogen) atoms. The van der Waals surface area contributed by atoms with Gasteiger partial charge in [0.2, 0.25) is 0 Å². The molecule has 13 rings (SSSR count). The van der Waals surface area contributed by atoms with Crippen molar-refractivity contribution >= 4 is 63.0 Å². The summed E-state index contributed by atoms with van der Waals surface area (Å²) in [5, 5.41) is 13.3. The Bertz CT molecular complexity index is 3530. The van der Waals surface area contributed by atoms with Crippen molar-refractivity contribution in [3.05, 3.63) is 254 Å². The van der Waals surface area contributed by atoms with Crippen LogP contribution in [0.4, 0.5) is 0 Å². The van der Waals surface area contributed by atoms with Crippen molar-refractivity contribution in [3.8, 4) is 55.6 Å². The van der Waals surface area contributed by atoms with Gasteiger partial charge in [0, 0.05) is 0 Å². The molecule has 0 nitrogen and oxygen atoms in total. The largest absolute Gasteiger partial charge is 3.00 e. The summed E-state index contributed by atoms with van der Waals surface area (Å²) in [4.78, 5) is 0. The van der Waals surface area contributed by atoms with E-state index in [9.17, 15) is 0 Å². The molecule has 0 aliphatic carbocycles. The maximum absolute atomic E-state index is 3.31. The van der Waals surface area contributed by atoms with Gasteiger partial charge in [0.25, 0.3) is 0 Å². The van der Waals surface area contributed by atoms with Crippen LogP contribution in [0, 0.1) is 6.07 Å². The molecule has 1 heterocycles. The van der Waals surface area contributed by atoms with Crippen LogP contribution in [0.25, 0.3) is 98.7 Å². The summed E-state index contributed by atoms with van der Waals surface area (Å²) in [5.41, 5.74) is 16.0. The van der Waals surface area contributed by atoms with Gasteiger partial charge in [-0.3, -0.25) is 0 Å². The SMILES string of the molecule is CC(C)c1cc2c(-c3ccccc3-c3cccc4ccccc34)cccc2[cH-]1.CC(C)c1cc2c(-c3ccccc3-c3cccc4ccccc34)cccc2[cH-]1.[Zr+3].[c-]1cccc2c1[Si]c1ccccc1-2. The monoisotopic (exact) mass is 987 g/mol. The second-order valence-corrected chi connectivity index (χ2v) is 20.1. The maximum Gasteiger partial charge on any atom is 3.00 e. The van der Waals surface area contributed by atoms with Crippen LogP contribution < -0.4 is 10.4 Å². The van der Waals surface area contributed by atoms with E-state index < -0.39 is 0 Å². The summed E-state index contributed by atoms with van der Waals surface area (Å²) in [6, 6.07) is 89.0. The molecule has 1 aliphatic rings. The second kappa shape index (κ2) is 20.6. The fourth-order valence-corrected chi connectivity index (χ4v) is 11.5. The van der Waals surface area contributed by atoms with E-state index in [4.69, 9.17) is 0 Å². The minimum Gasteiger partial charge on any atom is -0.184 e. The van der Waals surface area contributed by atoms with Crippen molar-refractivity contribution in [1.82, 2.24) is 0 Å². The molecule has 2 heteroatoms. The summed E-state index contributed by atoms with van der Waals surface area (Å²) in [5.74, 6) is 1.07. The zero-order valence-electron chi connectivity index (χ0n) is 40.2. The Morgan fingerprint density at radius 2 is 0.700 bits per heavy atom. The van der Waals surface area contributed by atoms with Gasteiger partial charge < -0.3 is 0 Å². The van der Waals surface area contributed by atoms with Gasteiger partial charge in [0.05, 0.1) is 9.52 Å². The summed E-state index contributed by atoms with van der Waals surface area (Å²) < 4.78 is 0. The molecule has 12 aromatic rings. The first kappa shape index (κ1) is 46.8. The van der Waals surface area contributed by atoms with E-state index in [1.54, 1.807) is 0 Å². The minimum absolute atomic E-state index is 0. The van der Waals surface area contributed by atoms with Crippen molar-refractivity contribution < 1.29 is 26.2 Å². The van der Waals surface area contributed by atoms with Crippen molar-refractivity contribution in [2.45, 2.75) is 39.5 Å². The van der Waals surface area contributed by atoms with E-state index in [2.05, 4.69) is 264 Å².